The number of rotatable bonds is 6. The van der Waals surface area contributed by atoms with Gasteiger partial charge in [0, 0.05) is 6.04 Å². The van der Waals surface area contributed by atoms with Crippen LogP contribution in [-0.2, 0) is 4.79 Å². The highest BCUT2D eigenvalue weighted by molar-refractivity contribution is 5.70. The van der Waals surface area contributed by atoms with Gasteiger partial charge >= 0.3 is 5.97 Å². The smallest absolute Gasteiger partial charge is 0.306 e. The van der Waals surface area contributed by atoms with E-state index in [1.807, 2.05) is 0 Å². The van der Waals surface area contributed by atoms with Crippen molar-refractivity contribution in [3.05, 3.63) is 0 Å². The summed E-state index contributed by atoms with van der Waals surface area (Å²) in [6.45, 7) is 3.12. The van der Waals surface area contributed by atoms with E-state index in [0.29, 0.717) is 12.0 Å². The first-order valence-electron chi connectivity index (χ1n) is 6.63. The average molecular weight is 225 g/mol. The lowest BCUT2D eigenvalue weighted by molar-refractivity contribution is -0.142. The minimum Gasteiger partial charge on any atom is -0.481 e. The van der Waals surface area contributed by atoms with Gasteiger partial charge in [-0.2, -0.15) is 0 Å². The van der Waals surface area contributed by atoms with Crippen molar-refractivity contribution in [1.29, 1.82) is 0 Å². The topological polar surface area (TPSA) is 49.3 Å². The van der Waals surface area contributed by atoms with E-state index in [-0.39, 0.29) is 5.92 Å². The van der Waals surface area contributed by atoms with Gasteiger partial charge in [-0.1, -0.05) is 19.3 Å². The molecule has 0 bridgehead atoms. The molecule has 0 aromatic heterocycles. The first-order valence-corrected chi connectivity index (χ1v) is 6.63. The molecule has 0 aliphatic heterocycles. The Morgan fingerprint density at radius 3 is 2.75 bits per heavy atom. The van der Waals surface area contributed by atoms with Gasteiger partial charge in [-0.25, -0.2) is 0 Å². The Morgan fingerprint density at radius 1 is 1.38 bits per heavy atom. The second-order valence-electron chi connectivity index (χ2n) is 5.62. The van der Waals surface area contributed by atoms with E-state index in [2.05, 4.69) is 12.2 Å². The van der Waals surface area contributed by atoms with Crippen LogP contribution >= 0.6 is 0 Å². The molecule has 2 rings (SSSR count). The number of aliphatic carboxylic acids is 1. The first kappa shape index (κ1) is 11.9. The number of carbonyl (C=O) groups is 1. The van der Waals surface area contributed by atoms with Gasteiger partial charge < -0.3 is 10.4 Å². The third kappa shape index (κ3) is 3.21. The predicted molar refractivity (Wildman–Crippen MR) is 63.3 cm³/mol. The molecule has 0 amide bonds. The van der Waals surface area contributed by atoms with E-state index in [9.17, 15) is 4.79 Å². The molecule has 2 aliphatic rings. The highest BCUT2D eigenvalue weighted by Crippen LogP contribution is 2.34. The summed E-state index contributed by atoms with van der Waals surface area (Å²) in [7, 11) is 0. The van der Waals surface area contributed by atoms with Crippen molar-refractivity contribution in [2.24, 2.45) is 17.8 Å². The van der Waals surface area contributed by atoms with Gasteiger partial charge in [0.05, 0.1) is 5.92 Å². The average Bonchev–Trinajstić information content (AvgIpc) is 2.91. The Morgan fingerprint density at radius 2 is 2.12 bits per heavy atom. The zero-order valence-electron chi connectivity index (χ0n) is 10.1. The lowest BCUT2D eigenvalue weighted by atomic mass is 9.96. The molecule has 2 aliphatic carbocycles. The fraction of sp³-hybridized carbons (Fsp3) is 0.923. The molecule has 0 heterocycles. The summed E-state index contributed by atoms with van der Waals surface area (Å²) in [6, 6.07) is 0.558. The third-order valence-corrected chi connectivity index (χ3v) is 4.09. The van der Waals surface area contributed by atoms with Crippen molar-refractivity contribution in [3.8, 4) is 0 Å². The van der Waals surface area contributed by atoms with Crippen LogP contribution < -0.4 is 5.32 Å². The number of carboxylic acid groups (broad SMARTS) is 1. The lowest BCUT2D eigenvalue weighted by Crippen LogP contribution is -2.34. The summed E-state index contributed by atoms with van der Waals surface area (Å²) in [6.07, 6.45) is 7.10. The van der Waals surface area contributed by atoms with Gasteiger partial charge in [-0.05, 0) is 44.6 Å². The van der Waals surface area contributed by atoms with Crippen molar-refractivity contribution < 1.29 is 9.90 Å². The van der Waals surface area contributed by atoms with Gasteiger partial charge in [0.15, 0.2) is 0 Å². The summed E-state index contributed by atoms with van der Waals surface area (Å²) in [5.74, 6) is 0.611. The zero-order valence-corrected chi connectivity index (χ0v) is 10.1. The molecule has 2 saturated carbocycles. The molecule has 92 valence electrons. The molecule has 3 atom stereocenters. The van der Waals surface area contributed by atoms with E-state index >= 15 is 0 Å². The fourth-order valence-electron chi connectivity index (χ4n) is 2.90. The van der Waals surface area contributed by atoms with Crippen LogP contribution in [0.25, 0.3) is 0 Å². The van der Waals surface area contributed by atoms with Crippen molar-refractivity contribution in [2.75, 3.05) is 6.54 Å². The lowest BCUT2D eigenvalue weighted by Gasteiger charge is -2.20. The maximum Gasteiger partial charge on any atom is 0.306 e. The summed E-state index contributed by atoms with van der Waals surface area (Å²) in [5, 5.41) is 12.6. The Hall–Kier alpha value is -0.570. The molecular formula is C13H23NO2. The molecule has 16 heavy (non-hydrogen) atoms. The predicted octanol–water partition coefficient (Wildman–Crippen LogP) is 2.27. The summed E-state index contributed by atoms with van der Waals surface area (Å²) in [4.78, 5) is 11.0. The second-order valence-corrected chi connectivity index (χ2v) is 5.62. The van der Waals surface area contributed by atoms with Crippen LogP contribution in [0, 0.1) is 17.8 Å². The monoisotopic (exact) mass is 225 g/mol. The van der Waals surface area contributed by atoms with Gasteiger partial charge in [-0.3, -0.25) is 4.79 Å². The molecule has 0 spiro atoms. The van der Waals surface area contributed by atoms with Crippen LogP contribution in [0.15, 0.2) is 0 Å². The van der Waals surface area contributed by atoms with Crippen molar-refractivity contribution in [3.63, 3.8) is 0 Å². The summed E-state index contributed by atoms with van der Waals surface area (Å²) >= 11 is 0. The van der Waals surface area contributed by atoms with E-state index in [1.165, 1.54) is 19.3 Å². The number of carboxylic acids is 1. The van der Waals surface area contributed by atoms with Crippen LogP contribution in [0.2, 0.25) is 0 Å². The Balaban J connectivity index is 1.69. The molecule has 3 nitrogen and oxygen atoms in total. The van der Waals surface area contributed by atoms with Gasteiger partial charge in [-0.15, -0.1) is 0 Å². The third-order valence-electron chi connectivity index (χ3n) is 4.09. The number of hydrogen-bond donors (Lipinski definition) is 2. The van der Waals surface area contributed by atoms with Crippen LogP contribution in [0.4, 0.5) is 0 Å². The Bertz CT molecular complexity index is 250. The standard InChI is InChI=1S/C13H23NO2/c1-9(7-10-5-6-10)14-8-11-3-2-4-12(11)13(15)16/h9-12,14H,2-8H2,1H3,(H,15,16). The summed E-state index contributed by atoms with van der Waals surface area (Å²) < 4.78 is 0. The molecule has 0 radical (unpaired) electrons. The number of hydrogen-bond acceptors (Lipinski definition) is 2. The van der Waals surface area contributed by atoms with E-state index in [1.54, 1.807) is 0 Å². The van der Waals surface area contributed by atoms with E-state index in [4.69, 9.17) is 5.11 Å². The zero-order chi connectivity index (χ0) is 11.5. The SMILES string of the molecule is CC(CC1CC1)NCC1CCCC1C(=O)O. The quantitative estimate of drug-likeness (QED) is 0.729. The highest BCUT2D eigenvalue weighted by atomic mass is 16.4. The molecule has 2 N–H and O–H groups in total. The van der Waals surface area contributed by atoms with Crippen molar-refractivity contribution >= 4 is 5.97 Å². The largest absolute Gasteiger partial charge is 0.481 e. The molecule has 0 saturated heterocycles. The van der Waals surface area contributed by atoms with Crippen LogP contribution in [0.3, 0.4) is 0 Å². The molecule has 2 fully saturated rings. The first-order chi connectivity index (χ1) is 7.66. The van der Waals surface area contributed by atoms with Crippen molar-refractivity contribution in [1.82, 2.24) is 5.32 Å². The Kier molecular flexibility index (Phi) is 3.85. The van der Waals surface area contributed by atoms with Gasteiger partial charge in [0.1, 0.15) is 0 Å². The molecule has 0 aromatic rings. The number of nitrogens with one attached hydrogen (secondary N) is 1. The maximum absolute atomic E-state index is 11.0. The summed E-state index contributed by atoms with van der Waals surface area (Å²) in [5.41, 5.74) is 0. The molecule has 3 unspecified atom stereocenters. The van der Waals surface area contributed by atoms with Crippen LogP contribution in [-0.4, -0.2) is 23.7 Å². The van der Waals surface area contributed by atoms with Gasteiger partial charge in [0.25, 0.3) is 0 Å². The van der Waals surface area contributed by atoms with Crippen LogP contribution in [0.5, 0.6) is 0 Å². The molecule has 3 heteroatoms. The highest BCUT2D eigenvalue weighted by Gasteiger charge is 2.33. The maximum atomic E-state index is 11.0. The molecular weight excluding hydrogens is 202 g/mol. The van der Waals surface area contributed by atoms with Gasteiger partial charge in [0.2, 0.25) is 0 Å². The second kappa shape index (κ2) is 5.17. The molecule has 0 aromatic carbocycles. The fourth-order valence-corrected chi connectivity index (χ4v) is 2.90. The van der Waals surface area contributed by atoms with E-state index < -0.39 is 5.97 Å². The van der Waals surface area contributed by atoms with Crippen molar-refractivity contribution in [2.45, 2.75) is 51.5 Å². The van der Waals surface area contributed by atoms with E-state index in [0.717, 1.165) is 31.7 Å². The Labute approximate surface area is 97.6 Å². The van der Waals surface area contributed by atoms with Crippen LogP contribution in [0.1, 0.15) is 45.4 Å². The minimum absolute atomic E-state index is 0.0966. The normalized spacial score (nSPS) is 31.6. The minimum atomic E-state index is -0.598.